The maximum Gasteiger partial charge on any atom is 0.418 e. The molecule has 18 heavy (non-hydrogen) atoms. The first-order chi connectivity index (χ1) is 8.38. The molecular formula is C12H14BrF3N2. The van der Waals surface area contributed by atoms with Gasteiger partial charge >= 0.3 is 6.18 Å². The summed E-state index contributed by atoms with van der Waals surface area (Å²) in [5, 5.41) is 0. The van der Waals surface area contributed by atoms with Crippen LogP contribution in [-0.2, 0) is 6.18 Å². The maximum atomic E-state index is 12.9. The average molecular weight is 323 g/mol. The zero-order chi connectivity index (χ0) is 13.3. The lowest BCUT2D eigenvalue weighted by molar-refractivity contribution is -0.137. The number of benzene rings is 1. The van der Waals surface area contributed by atoms with Crippen molar-refractivity contribution in [3.63, 3.8) is 0 Å². The van der Waals surface area contributed by atoms with E-state index in [9.17, 15) is 13.2 Å². The van der Waals surface area contributed by atoms with Gasteiger partial charge in [0.15, 0.2) is 0 Å². The third kappa shape index (κ3) is 2.98. The van der Waals surface area contributed by atoms with Crippen molar-refractivity contribution >= 4 is 21.6 Å². The number of hydrogen-bond acceptors (Lipinski definition) is 2. The topological polar surface area (TPSA) is 29.3 Å². The monoisotopic (exact) mass is 322 g/mol. The van der Waals surface area contributed by atoms with Gasteiger partial charge in [-0.3, -0.25) is 0 Å². The SMILES string of the molecule is NC1CCN(c2cc(Br)ccc2C(F)(F)F)CC1. The van der Waals surface area contributed by atoms with Crippen LogP contribution in [0.4, 0.5) is 18.9 Å². The number of halogens is 4. The Bertz CT molecular complexity index is 426. The zero-order valence-electron chi connectivity index (χ0n) is 9.67. The highest BCUT2D eigenvalue weighted by Crippen LogP contribution is 2.38. The van der Waals surface area contributed by atoms with E-state index in [2.05, 4.69) is 15.9 Å². The molecule has 1 aliphatic heterocycles. The van der Waals surface area contributed by atoms with Crippen LogP contribution < -0.4 is 10.6 Å². The van der Waals surface area contributed by atoms with Gasteiger partial charge in [-0.2, -0.15) is 13.2 Å². The lowest BCUT2D eigenvalue weighted by Crippen LogP contribution is -2.40. The van der Waals surface area contributed by atoms with Crippen molar-refractivity contribution in [1.29, 1.82) is 0 Å². The van der Waals surface area contributed by atoms with Gasteiger partial charge in [-0.25, -0.2) is 0 Å². The summed E-state index contributed by atoms with van der Waals surface area (Å²) in [6, 6.07) is 4.16. The molecule has 2 N–H and O–H groups in total. The molecule has 0 bridgehead atoms. The van der Waals surface area contributed by atoms with E-state index in [0.717, 1.165) is 18.9 Å². The maximum absolute atomic E-state index is 12.9. The Balaban J connectivity index is 2.33. The van der Waals surface area contributed by atoms with Crippen LogP contribution in [0.25, 0.3) is 0 Å². The molecule has 0 aliphatic carbocycles. The van der Waals surface area contributed by atoms with Crippen LogP contribution in [0.3, 0.4) is 0 Å². The predicted molar refractivity (Wildman–Crippen MR) is 68.6 cm³/mol. The number of nitrogens with two attached hydrogens (primary N) is 1. The lowest BCUT2D eigenvalue weighted by atomic mass is 10.0. The molecule has 6 heteroatoms. The van der Waals surface area contributed by atoms with E-state index in [1.54, 1.807) is 4.90 Å². The van der Waals surface area contributed by atoms with Crippen LogP contribution in [0.1, 0.15) is 18.4 Å². The molecule has 0 atom stereocenters. The van der Waals surface area contributed by atoms with Crippen LogP contribution in [0, 0.1) is 0 Å². The summed E-state index contributed by atoms with van der Waals surface area (Å²) in [5.74, 6) is 0. The standard InChI is InChI=1S/C12H14BrF3N2/c13-8-1-2-10(12(14,15)16)11(7-8)18-5-3-9(17)4-6-18/h1-2,7,9H,3-6,17H2. The Hall–Kier alpha value is -0.750. The molecule has 0 radical (unpaired) electrons. The second-order valence-corrected chi connectivity index (χ2v) is 5.40. The number of hydrogen-bond donors (Lipinski definition) is 1. The molecule has 100 valence electrons. The van der Waals surface area contributed by atoms with E-state index in [4.69, 9.17) is 5.73 Å². The Morgan fingerprint density at radius 2 is 1.83 bits per heavy atom. The highest BCUT2D eigenvalue weighted by atomic mass is 79.9. The van der Waals surface area contributed by atoms with Crippen LogP contribution >= 0.6 is 15.9 Å². The van der Waals surface area contributed by atoms with Crippen molar-refractivity contribution in [1.82, 2.24) is 0 Å². The van der Waals surface area contributed by atoms with Crippen LogP contribution in [-0.4, -0.2) is 19.1 Å². The van der Waals surface area contributed by atoms with Gasteiger partial charge in [-0.15, -0.1) is 0 Å². The molecule has 0 amide bonds. The summed E-state index contributed by atoms with van der Waals surface area (Å²) in [7, 11) is 0. The highest BCUT2D eigenvalue weighted by molar-refractivity contribution is 9.10. The quantitative estimate of drug-likeness (QED) is 0.858. The number of piperidine rings is 1. The minimum Gasteiger partial charge on any atom is -0.371 e. The second kappa shape index (κ2) is 5.09. The van der Waals surface area contributed by atoms with Crippen molar-refractivity contribution in [3.8, 4) is 0 Å². The van der Waals surface area contributed by atoms with Gasteiger partial charge < -0.3 is 10.6 Å². The number of nitrogens with zero attached hydrogens (tertiary/aromatic N) is 1. The van der Waals surface area contributed by atoms with Gasteiger partial charge in [-0.1, -0.05) is 15.9 Å². The van der Waals surface area contributed by atoms with E-state index in [1.165, 1.54) is 12.1 Å². The van der Waals surface area contributed by atoms with Gasteiger partial charge in [0, 0.05) is 23.6 Å². The van der Waals surface area contributed by atoms with Gasteiger partial charge in [0.1, 0.15) is 0 Å². The Morgan fingerprint density at radius 1 is 1.22 bits per heavy atom. The van der Waals surface area contributed by atoms with Crippen LogP contribution in [0.5, 0.6) is 0 Å². The summed E-state index contributed by atoms with van der Waals surface area (Å²) in [6.45, 7) is 1.14. The Kier molecular flexibility index (Phi) is 3.87. The van der Waals surface area contributed by atoms with Crippen molar-refractivity contribution in [2.24, 2.45) is 5.73 Å². The molecule has 1 fully saturated rings. The fourth-order valence-electron chi connectivity index (χ4n) is 2.15. The molecule has 2 nitrogen and oxygen atoms in total. The minimum atomic E-state index is -4.32. The van der Waals surface area contributed by atoms with Gasteiger partial charge in [-0.05, 0) is 31.0 Å². The molecule has 1 heterocycles. The van der Waals surface area contributed by atoms with E-state index in [0.29, 0.717) is 17.6 Å². The largest absolute Gasteiger partial charge is 0.418 e. The molecular weight excluding hydrogens is 309 g/mol. The van der Waals surface area contributed by atoms with Gasteiger partial charge in [0.05, 0.1) is 11.3 Å². The molecule has 0 saturated carbocycles. The van der Waals surface area contributed by atoms with Crippen molar-refractivity contribution in [2.45, 2.75) is 25.1 Å². The molecule has 0 unspecified atom stereocenters. The average Bonchev–Trinajstić information content (AvgIpc) is 2.28. The first-order valence-electron chi connectivity index (χ1n) is 5.75. The summed E-state index contributed by atoms with van der Waals surface area (Å²) >= 11 is 3.22. The van der Waals surface area contributed by atoms with E-state index in [-0.39, 0.29) is 11.7 Å². The summed E-state index contributed by atoms with van der Waals surface area (Å²) in [5.41, 5.74) is 5.43. The number of anilines is 1. The van der Waals surface area contributed by atoms with Crippen LogP contribution in [0.2, 0.25) is 0 Å². The first-order valence-corrected chi connectivity index (χ1v) is 6.54. The zero-order valence-corrected chi connectivity index (χ0v) is 11.3. The lowest BCUT2D eigenvalue weighted by Gasteiger charge is -2.33. The smallest absolute Gasteiger partial charge is 0.371 e. The van der Waals surface area contributed by atoms with Crippen molar-refractivity contribution < 1.29 is 13.2 Å². The third-order valence-electron chi connectivity index (χ3n) is 3.15. The Morgan fingerprint density at radius 3 is 2.39 bits per heavy atom. The van der Waals surface area contributed by atoms with Gasteiger partial charge in [0.25, 0.3) is 0 Å². The molecule has 1 aromatic rings. The fourth-order valence-corrected chi connectivity index (χ4v) is 2.50. The fraction of sp³-hybridized carbons (Fsp3) is 0.500. The minimum absolute atomic E-state index is 0.0998. The van der Waals surface area contributed by atoms with Crippen LogP contribution in [0.15, 0.2) is 22.7 Å². The van der Waals surface area contributed by atoms with E-state index < -0.39 is 11.7 Å². The van der Waals surface area contributed by atoms with E-state index >= 15 is 0 Å². The normalized spacial score (nSPS) is 18.2. The summed E-state index contributed by atoms with van der Waals surface area (Å²) in [4.78, 5) is 1.76. The molecule has 1 saturated heterocycles. The third-order valence-corrected chi connectivity index (χ3v) is 3.64. The first kappa shape index (κ1) is 13.7. The van der Waals surface area contributed by atoms with E-state index in [1.807, 2.05) is 0 Å². The molecule has 0 aromatic heterocycles. The van der Waals surface area contributed by atoms with Gasteiger partial charge in [0.2, 0.25) is 0 Å². The molecule has 1 aliphatic rings. The Labute approximate surface area is 112 Å². The summed E-state index contributed by atoms with van der Waals surface area (Å²) < 4.78 is 39.5. The summed E-state index contributed by atoms with van der Waals surface area (Å²) in [6.07, 6.45) is -2.87. The molecule has 0 spiro atoms. The van der Waals surface area contributed by atoms with Crippen molar-refractivity contribution in [2.75, 3.05) is 18.0 Å². The second-order valence-electron chi connectivity index (χ2n) is 4.48. The van der Waals surface area contributed by atoms with Crippen molar-refractivity contribution in [3.05, 3.63) is 28.2 Å². The molecule has 1 aromatic carbocycles. The predicted octanol–water partition coefficient (Wildman–Crippen LogP) is 3.40. The number of alkyl halides is 3. The number of rotatable bonds is 1. The highest BCUT2D eigenvalue weighted by Gasteiger charge is 2.35. The molecule has 2 rings (SSSR count).